The molecule has 1 atom stereocenters. The first-order valence-corrected chi connectivity index (χ1v) is 9.77. The molecule has 1 saturated heterocycles. The molecule has 0 bridgehead atoms. The maximum atomic E-state index is 13.2. The van der Waals surface area contributed by atoms with E-state index in [0.29, 0.717) is 6.54 Å². The van der Waals surface area contributed by atoms with Crippen LogP contribution in [0.1, 0.15) is 28.3 Å². The van der Waals surface area contributed by atoms with E-state index in [4.69, 9.17) is 0 Å². The van der Waals surface area contributed by atoms with Crippen LogP contribution in [0.5, 0.6) is 0 Å². The molecule has 1 unspecified atom stereocenters. The average Bonchev–Trinajstić information content (AvgIpc) is 3.17. The van der Waals surface area contributed by atoms with Crippen molar-refractivity contribution in [3.05, 3.63) is 70.8 Å². The summed E-state index contributed by atoms with van der Waals surface area (Å²) < 4.78 is 0. The van der Waals surface area contributed by atoms with Gasteiger partial charge in [0.15, 0.2) is 0 Å². The first kappa shape index (κ1) is 18.2. The van der Waals surface area contributed by atoms with E-state index in [2.05, 4.69) is 57.8 Å². The molecule has 142 valence electrons. The molecule has 2 N–H and O–H groups in total. The molecule has 5 nitrogen and oxygen atoms in total. The van der Waals surface area contributed by atoms with Gasteiger partial charge in [-0.15, -0.1) is 0 Å². The number of fused-ring (bicyclic) bond motifs is 1. The second-order valence-corrected chi connectivity index (χ2v) is 7.58. The van der Waals surface area contributed by atoms with Crippen LogP contribution >= 0.6 is 0 Å². The molecule has 0 spiro atoms. The summed E-state index contributed by atoms with van der Waals surface area (Å²) in [5.41, 5.74) is 4.94. The molecule has 2 aliphatic heterocycles. The van der Waals surface area contributed by atoms with E-state index in [1.807, 2.05) is 18.2 Å². The van der Waals surface area contributed by atoms with E-state index in [0.717, 1.165) is 50.4 Å². The molecule has 2 aromatic rings. The zero-order chi connectivity index (χ0) is 18.6. The van der Waals surface area contributed by atoms with E-state index in [9.17, 15) is 4.79 Å². The summed E-state index contributed by atoms with van der Waals surface area (Å²) in [7, 11) is 2.14. The number of carbonyl (C=O) groups excluding carboxylic acids is 1. The van der Waals surface area contributed by atoms with Crippen LogP contribution in [0.15, 0.2) is 48.5 Å². The zero-order valence-corrected chi connectivity index (χ0v) is 15.9. The highest BCUT2D eigenvalue weighted by Crippen LogP contribution is 2.23. The summed E-state index contributed by atoms with van der Waals surface area (Å²) in [5, 5.41) is 6.55. The number of rotatable bonds is 5. The third kappa shape index (κ3) is 4.21. The monoisotopic (exact) mass is 364 g/mol. The minimum absolute atomic E-state index is 0.0874. The molecular formula is C22H28N4O. The van der Waals surface area contributed by atoms with Crippen molar-refractivity contribution >= 4 is 5.91 Å². The van der Waals surface area contributed by atoms with Crippen molar-refractivity contribution in [3.8, 4) is 0 Å². The van der Waals surface area contributed by atoms with Gasteiger partial charge in [0.2, 0.25) is 5.91 Å². The van der Waals surface area contributed by atoms with Gasteiger partial charge in [-0.05, 0) is 29.3 Å². The lowest BCUT2D eigenvalue weighted by atomic mass is 10.0. The highest BCUT2D eigenvalue weighted by molar-refractivity contribution is 5.83. The minimum Gasteiger partial charge on any atom is -0.350 e. The van der Waals surface area contributed by atoms with Gasteiger partial charge in [0.05, 0.1) is 0 Å². The van der Waals surface area contributed by atoms with Crippen LogP contribution in [0.3, 0.4) is 0 Å². The largest absolute Gasteiger partial charge is 0.350 e. The summed E-state index contributed by atoms with van der Waals surface area (Å²) in [4.78, 5) is 17.8. The molecule has 0 aliphatic carbocycles. The lowest BCUT2D eigenvalue weighted by Gasteiger charge is -2.37. The van der Waals surface area contributed by atoms with E-state index >= 15 is 0 Å². The highest BCUT2D eigenvalue weighted by Gasteiger charge is 2.29. The first-order chi connectivity index (χ1) is 13.2. The van der Waals surface area contributed by atoms with Gasteiger partial charge in [-0.3, -0.25) is 9.69 Å². The van der Waals surface area contributed by atoms with Crippen LogP contribution in [0.4, 0.5) is 0 Å². The topological polar surface area (TPSA) is 47.6 Å². The summed E-state index contributed by atoms with van der Waals surface area (Å²) in [6, 6.07) is 16.4. The van der Waals surface area contributed by atoms with Crippen LogP contribution in [0, 0.1) is 0 Å². The van der Waals surface area contributed by atoms with E-state index in [1.165, 1.54) is 11.1 Å². The van der Waals surface area contributed by atoms with Gasteiger partial charge < -0.3 is 15.5 Å². The van der Waals surface area contributed by atoms with Crippen molar-refractivity contribution in [1.82, 2.24) is 20.4 Å². The Kier molecular flexibility index (Phi) is 5.53. The molecule has 0 radical (unpaired) electrons. The molecule has 1 fully saturated rings. The van der Waals surface area contributed by atoms with Crippen molar-refractivity contribution in [3.63, 3.8) is 0 Å². The van der Waals surface area contributed by atoms with E-state index in [-0.39, 0.29) is 11.9 Å². The molecule has 1 amide bonds. The van der Waals surface area contributed by atoms with Crippen LogP contribution in [0.2, 0.25) is 0 Å². The Balaban J connectivity index is 1.47. The molecule has 4 rings (SSSR count). The van der Waals surface area contributed by atoms with Gasteiger partial charge >= 0.3 is 0 Å². The number of benzene rings is 2. The number of carbonyl (C=O) groups is 1. The maximum Gasteiger partial charge on any atom is 0.242 e. The molecule has 2 aliphatic rings. The average molecular weight is 364 g/mol. The first-order valence-electron chi connectivity index (χ1n) is 9.77. The standard InChI is InChI=1S/C22H28N4O/c1-25-9-11-26(12-10-25)21(18-5-3-2-4-6-18)22(27)24-14-17-7-8-19-15-23-16-20(19)13-17/h2-8,13,21,23H,9-12,14-16H2,1H3,(H,24,27). The molecule has 0 aromatic heterocycles. The smallest absolute Gasteiger partial charge is 0.242 e. The molecule has 0 saturated carbocycles. The lowest BCUT2D eigenvalue weighted by Crippen LogP contribution is -2.49. The molecular weight excluding hydrogens is 336 g/mol. The number of amides is 1. The maximum absolute atomic E-state index is 13.2. The van der Waals surface area contributed by atoms with E-state index < -0.39 is 0 Å². The van der Waals surface area contributed by atoms with Crippen molar-refractivity contribution in [2.45, 2.75) is 25.7 Å². The fourth-order valence-electron chi connectivity index (χ4n) is 3.99. The fraction of sp³-hybridized carbons (Fsp3) is 0.409. The summed E-state index contributed by atoms with van der Waals surface area (Å²) in [5.74, 6) is 0.0874. The van der Waals surface area contributed by atoms with Crippen LogP contribution in [0.25, 0.3) is 0 Å². The second kappa shape index (κ2) is 8.21. The number of likely N-dealkylation sites (N-methyl/N-ethyl adjacent to an activating group) is 1. The Morgan fingerprint density at radius 1 is 1.04 bits per heavy atom. The lowest BCUT2D eigenvalue weighted by molar-refractivity contribution is -0.127. The Bertz CT molecular complexity index is 784. The van der Waals surface area contributed by atoms with Crippen molar-refractivity contribution in [2.75, 3.05) is 33.2 Å². The van der Waals surface area contributed by atoms with Gasteiger partial charge in [-0.25, -0.2) is 0 Å². The Morgan fingerprint density at radius 3 is 2.56 bits per heavy atom. The van der Waals surface area contributed by atoms with Crippen LogP contribution in [-0.4, -0.2) is 48.9 Å². The molecule has 5 heteroatoms. The van der Waals surface area contributed by atoms with Crippen LogP contribution in [-0.2, 0) is 24.4 Å². The quantitative estimate of drug-likeness (QED) is 0.851. The van der Waals surface area contributed by atoms with Gasteiger partial charge in [-0.1, -0.05) is 48.5 Å². The van der Waals surface area contributed by atoms with Gasteiger partial charge in [0, 0.05) is 45.8 Å². The zero-order valence-electron chi connectivity index (χ0n) is 15.9. The normalized spacial score (nSPS) is 18.9. The number of piperazine rings is 1. The Morgan fingerprint density at radius 2 is 1.78 bits per heavy atom. The number of hydrogen-bond acceptors (Lipinski definition) is 4. The van der Waals surface area contributed by atoms with E-state index in [1.54, 1.807) is 0 Å². The van der Waals surface area contributed by atoms with Crippen LogP contribution < -0.4 is 10.6 Å². The number of hydrogen-bond donors (Lipinski definition) is 2. The summed E-state index contributed by atoms with van der Waals surface area (Å²) >= 11 is 0. The highest BCUT2D eigenvalue weighted by atomic mass is 16.2. The van der Waals surface area contributed by atoms with Gasteiger partial charge in [-0.2, -0.15) is 0 Å². The number of nitrogens with zero attached hydrogens (tertiary/aromatic N) is 2. The predicted molar refractivity (Wildman–Crippen MR) is 107 cm³/mol. The van der Waals surface area contributed by atoms with Gasteiger partial charge in [0.1, 0.15) is 6.04 Å². The van der Waals surface area contributed by atoms with Crippen molar-refractivity contribution in [1.29, 1.82) is 0 Å². The predicted octanol–water partition coefficient (Wildman–Crippen LogP) is 1.89. The number of nitrogens with one attached hydrogen (secondary N) is 2. The summed E-state index contributed by atoms with van der Waals surface area (Å²) in [6.07, 6.45) is 0. The Hall–Kier alpha value is -2.21. The molecule has 2 aromatic carbocycles. The van der Waals surface area contributed by atoms with Crippen molar-refractivity contribution < 1.29 is 4.79 Å². The molecule has 2 heterocycles. The summed E-state index contributed by atoms with van der Waals surface area (Å²) in [6.45, 7) is 6.25. The third-order valence-corrected chi connectivity index (χ3v) is 5.63. The third-order valence-electron chi connectivity index (χ3n) is 5.63. The SMILES string of the molecule is CN1CCN(C(C(=O)NCc2ccc3c(c2)CNC3)c2ccccc2)CC1. The Labute approximate surface area is 161 Å². The van der Waals surface area contributed by atoms with Gasteiger partial charge in [0.25, 0.3) is 0 Å². The fourth-order valence-corrected chi connectivity index (χ4v) is 3.99. The minimum atomic E-state index is -0.226. The second-order valence-electron chi connectivity index (χ2n) is 7.58. The molecule has 27 heavy (non-hydrogen) atoms. The van der Waals surface area contributed by atoms with Crippen molar-refractivity contribution in [2.24, 2.45) is 0 Å².